The molecule has 0 aromatic carbocycles. The van der Waals surface area contributed by atoms with Crippen molar-refractivity contribution in [1.29, 1.82) is 0 Å². The average Bonchev–Trinajstić information content (AvgIpc) is 2.23. The van der Waals surface area contributed by atoms with Crippen LogP contribution < -0.4 is 0 Å². The lowest BCUT2D eigenvalue weighted by Gasteiger charge is -2.12. The second kappa shape index (κ2) is 7.48. The summed E-state index contributed by atoms with van der Waals surface area (Å²) in [6.07, 6.45) is -2.35. The lowest BCUT2D eigenvalue weighted by atomic mass is 10.3. The van der Waals surface area contributed by atoms with Crippen LogP contribution in [0.1, 0.15) is 33.1 Å². The van der Waals surface area contributed by atoms with Crippen LogP contribution in [0.5, 0.6) is 0 Å². The molecule has 0 atom stereocenters. The van der Waals surface area contributed by atoms with Crippen molar-refractivity contribution < 1.29 is 40.8 Å². The summed E-state index contributed by atoms with van der Waals surface area (Å²) in [5.41, 5.74) is 0. The molecular formula is C10H16F2O7S. The summed E-state index contributed by atoms with van der Waals surface area (Å²) in [5.74, 6) is -1.59. The summed E-state index contributed by atoms with van der Waals surface area (Å²) in [4.78, 5) is 22.1. The van der Waals surface area contributed by atoms with Gasteiger partial charge in [-0.05, 0) is 13.8 Å². The Bertz CT molecular complexity index is 445. The van der Waals surface area contributed by atoms with E-state index in [0.29, 0.717) is 0 Å². The van der Waals surface area contributed by atoms with Gasteiger partial charge in [-0.2, -0.15) is 17.2 Å². The number of rotatable bonds is 8. The fourth-order valence-corrected chi connectivity index (χ4v) is 1.35. The third-order valence-corrected chi connectivity index (χ3v) is 2.89. The molecule has 0 amide bonds. The molecule has 0 rings (SSSR count). The quantitative estimate of drug-likeness (QED) is 0.528. The summed E-state index contributed by atoms with van der Waals surface area (Å²) in [5, 5.41) is -4.39. The maximum Gasteiger partial charge on any atom is 0.373 e. The van der Waals surface area contributed by atoms with E-state index < -0.39 is 40.3 Å². The van der Waals surface area contributed by atoms with E-state index in [0.717, 1.165) is 0 Å². The average molecular weight is 318 g/mol. The van der Waals surface area contributed by atoms with Gasteiger partial charge in [-0.25, -0.2) is 0 Å². The SMILES string of the molecule is CC(C)OC(=O)CCC(=O)OCCC(F)(F)S(=O)(=O)O. The van der Waals surface area contributed by atoms with Crippen molar-refractivity contribution in [2.75, 3.05) is 6.61 Å². The van der Waals surface area contributed by atoms with Gasteiger partial charge in [0.25, 0.3) is 0 Å². The molecule has 0 aliphatic rings. The van der Waals surface area contributed by atoms with Crippen molar-refractivity contribution in [2.45, 2.75) is 44.5 Å². The Kier molecular flexibility index (Phi) is 7.00. The first-order chi connectivity index (χ1) is 8.95. The highest BCUT2D eigenvalue weighted by atomic mass is 32.2. The van der Waals surface area contributed by atoms with Crippen molar-refractivity contribution in [2.24, 2.45) is 0 Å². The number of carbonyl (C=O) groups excluding carboxylic acids is 2. The largest absolute Gasteiger partial charge is 0.465 e. The minimum atomic E-state index is -5.54. The Morgan fingerprint density at radius 1 is 1.20 bits per heavy atom. The molecule has 20 heavy (non-hydrogen) atoms. The van der Waals surface area contributed by atoms with E-state index in [2.05, 4.69) is 4.74 Å². The van der Waals surface area contributed by atoms with Crippen LogP contribution in [-0.4, -0.2) is 42.9 Å². The molecular weight excluding hydrogens is 302 g/mol. The minimum absolute atomic E-state index is 0.272. The second-order valence-electron chi connectivity index (χ2n) is 4.12. The van der Waals surface area contributed by atoms with Gasteiger partial charge in [0, 0.05) is 0 Å². The molecule has 10 heteroatoms. The van der Waals surface area contributed by atoms with Crippen molar-refractivity contribution in [1.82, 2.24) is 0 Å². The van der Waals surface area contributed by atoms with Crippen LogP contribution >= 0.6 is 0 Å². The van der Waals surface area contributed by atoms with Gasteiger partial charge in [0.2, 0.25) is 0 Å². The smallest absolute Gasteiger partial charge is 0.373 e. The number of hydrogen-bond acceptors (Lipinski definition) is 6. The third-order valence-electron chi connectivity index (χ3n) is 1.93. The maximum absolute atomic E-state index is 12.7. The second-order valence-corrected chi connectivity index (χ2v) is 5.67. The van der Waals surface area contributed by atoms with Gasteiger partial charge in [0.05, 0.1) is 32.0 Å². The van der Waals surface area contributed by atoms with E-state index in [4.69, 9.17) is 9.29 Å². The molecule has 0 aromatic rings. The standard InChI is InChI=1S/C10H16F2O7S/c1-7(2)19-9(14)4-3-8(13)18-6-5-10(11,12)20(15,16)17/h7H,3-6H2,1-2H3,(H,15,16,17). The molecule has 0 heterocycles. The van der Waals surface area contributed by atoms with Crippen molar-refractivity contribution >= 4 is 22.1 Å². The van der Waals surface area contributed by atoms with E-state index in [1.807, 2.05) is 0 Å². The molecule has 0 aliphatic carbocycles. The van der Waals surface area contributed by atoms with Gasteiger partial charge in [-0.3, -0.25) is 14.1 Å². The number of ether oxygens (including phenoxy) is 2. The van der Waals surface area contributed by atoms with Gasteiger partial charge in [0.1, 0.15) is 0 Å². The molecule has 7 nitrogen and oxygen atoms in total. The summed E-state index contributed by atoms with van der Waals surface area (Å²) >= 11 is 0. The Labute approximate surface area is 115 Å². The predicted octanol–water partition coefficient (Wildman–Crippen LogP) is 1.13. The van der Waals surface area contributed by atoms with E-state index in [1.165, 1.54) is 0 Å². The monoisotopic (exact) mass is 318 g/mol. The summed E-state index contributed by atoms with van der Waals surface area (Å²) in [6.45, 7) is 2.34. The summed E-state index contributed by atoms with van der Waals surface area (Å²) < 4.78 is 63.2. The van der Waals surface area contributed by atoms with E-state index in [-0.39, 0.29) is 18.9 Å². The molecule has 0 aliphatic heterocycles. The Hall–Kier alpha value is -1.29. The molecule has 0 aromatic heterocycles. The van der Waals surface area contributed by atoms with Crippen molar-refractivity contribution in [3.8, 4) is 0 Å². The molecule has 0 fully saturated rings. The fraction of sp³-hybridized carbons (Fsp3) is 0.800. The van der Waals surface area contributed by atoms with Gasteiger partial charge in [0.15, 0.2) is 0 Å². The summed E-state index contributed by atoms with van der Waals surface area (Å²) in [7, 11) is -5.54. The Morgan fingerprint density at radius 3 is 2.15 bits per heavy atom. The topological polar surface area (TPSA) is 107 Å². The van der Waals surface area contributed by atoms with Crippen LogP contribution in [0.2, 0.25) is 0 Å². The first kappa shape index (κ1) is 18.7. The summed E-state index contributed by atoms with van der Waals surface area (Å²) in [6, 6.07) is 0. The third kappa shape index (κ3) is 7.34. The molecule has 0 saturated carbocycles. The normalized spacial score (nSPS) is 12.3. The van der Waals surface area contributed by atoms with Gasteiger partial charge in [-0.15, -0.1) is 0 Å². The molecule has 1 N–H and O–H groups in total. The van der Waals surface area contributed by atoms with E-state index in [1.54, 1.807) is 13.8 Å². The van der Waals surface area contributed by atoms with Crippen molar-refractivity contribution in [3.63, 3.8) is 0 Å². The first-order valence-electron chi connectivity index (χ1n) is 5.65. The molecule has 118 valence electrons. The Morgan fingerprint density at radius 2 is 1.70 bits per heavy atom. The van der Waals surface area contributed by atoms with Crippen LogP contribution in [0.4, 0.5) is 8.78 Å². The zero-order valence-electron chi connectivity index (χ0n) is 11.0. The molecule has 0 saturated heterocycles. The van der Waals surface area contributed by atoms with Crippen LogP contribution in [0.3, 0.4) is 0 Å². The zero-order chi connectivity index (χ0) is 16.0. The number of carbonyl (C=O) groups is 2. The van der Waals surface area contributed by atoms with Crippen LogP contribution in [0.15, 0.2) is 0 Å². The number of hydrogen-bond donors (Lipinski definition) is 1. The van der Waals surface area contributed by atoms with Gasteiger partial charge >= 0.3 is 27.3 Å². The molecule has 0 radical (unpaired) electrons. The fourth-order valence-electron chi connectivity index (χ4n) is 1.01. The maximum atomic E-state index is 12.7. The lowest BCUT2D eigenvalue weighted by molar-refractivity contribution is -0.153. The predicted molar refractivity (Wildman–Crippen MR) is 62.5 cm³/mol. The molecule has 0 bridgehead atoms. The highest BCUT2D eigenvalue weighted by Crippen LogP contribution is 2.24. The number of halogens is 2. The molecule has 0 unspecified atom stereocenters. The van der Waals surface area contributed by atoms with Gasteiger partial charge < -0.3 is 9.47 Å². The van der Waals surface area contributed by atoms with Crippen LogP contribution in [-0.2, 0) is 29.2 Å². The minimum Gasteiger partial charge on any atom is -0.465 e. The highest BCUT2D eigenvalue weighted by Gasteiger charge is 2.43. The highest BCUT2D eigenvalue weighted by molar-refractivity contribution is 7.86. The number of esters is 2. The zero-order valence-corrected chi connectivity index (χ0v) is 11.8. The van der Waals surface area contributed by atoms with Crippen molar-refractivity contribution in [3.05, 3.63) is 0 Å². The molecule has 0 spiro atoms. The van der Waals surface area contributed by atoms with E-state index >= 15 is 0 Å². The lowest BCUT2D eigenvalue weighted by Crippen LogP contribution is -2.30. The van der Waals surface area contributed by atoms with Gasteiger partial charge in [-0.1, -0.05) is 0 Å². The Balaban J connectivity index is 3.99. The first-order valence-corrected chi connectivity index (χ1v) is 7.09. The number of alkyl halides is 2. The van der Waals surface area contributed by atoms with Crippen LogP contribution in [0, 0.1) is 0 Å². The van der Waals surface area contributed by atoms with Crippen LogP contribution in [0.25, 0.3) is 0 Å². The van der Waals surface area contributed by atoms with E-state index in [9.17, 15) is 26.8 Å².